The lowest BCUT2D eigenvalue weighted by Gasteiger charge is -2.32. The van der Waals surface area contributed by atoms with E-state index in [1.807, 2.05) is 58.0 Å². The molecule has 1 aliphatic heterocycles. The van der Waals surface area contributed by atoms with E-state index in [2.05, 4.69) is 6.92 Å². The lowest BCUT2D eigenvalue weighted by atomic mass is 9.96. The van der Waals surface area contributed by atoms with Gasteiger partial charge < -0.3 is 9.64 Å². The van der Waals surface area contributed by atoms with Gasteiger partial charge in [0, 0.05) is 31.6 Å². The number of hydrogen-bond donors (Lipinski definition) is 0. The van der Waals surface area contributed by atoms with Crippen LogP contribution in [0.2, 0.25) is 0 Å². The van der Waals surface area contributed by atoms with Gasteiger partial charge in [-0.25, -0.2) is 4.98 Å². The molecule has 1 aliphatic rings. The molecule has 1 aromatic heterocycles. The number of para-hydroxylation sites is 1. The summed E-state index contributed by atoms with van der Waals surface area (Å²) in [5.41, 5.74) is 1.50. The van der Waals surface area contributed by atoms with Crippen LogP contribution in [0.15, 0.2) is 53.3 Å². The molecule has 162 valence electrons. The maximum atomic E-state index is 13.2. The minimum atomic E-state index is 0.0470. The van der Waals surface area contributed by atoms with Gasteiger partial charge in [0.1, 0.15) is 11.6 Å². The molecule has 6 nitrogen and oxygen atoms in total. The predicted octanol–water partition coefficient (Wildman–Crippen LogP) is 3.91. The molecule has 0 N–H and O–H groups in total. The molecule has 0 aliphatic carbocycles. The highest BCUT2D eigenvalue weighted by atomic mass is 16.5. The van der Waals surface area contributed by atoms with Crippen LogP contribution in [0.1, 0.15) is 42.4 Å². The summed E-state index contributed by atoms with van der Waals surface area (Å²) in [5, 5.41) is 0.675. The average molecular weight is 420 g/mol. The summed E-state index contributed by atoms with van der Waals surface area (Å²) in [5.74, 6) is 2.02. The lowest BCUT2D eigenvalue weighted by molar-refractivity contribution is 0.0682. The first kappa shape index (κ1) is 21.1. The van der Waals surface area contributed by atoms with E-state index < -0.39 is 0 Å². The average Bonchev–Trinajstić information content (AvgIpc) is 2.82. The Kier molecular flexibility index (Phi) is 6.35. The fraction of sp³-hybridized carbons (Fsp3) is 0.400. The van der Waals surface area contributed by atoms with E-state index in [-0.39, 0.29) is 11.5 Å². The van der Waals surface area contributed by atoms with Gasteiger partial charge >= 0.3 is 0 Å². The number of methoxy groups -OCH3 is 1. The first-order valence-corrected chi connectivity index (χ1v) is 11.0. The third kappa shape index (κ3) is 4.48. The molecule has 0 radical (unpaired) electrons. The second kappa shape index (κ2) is 9.33. The van der Waals surface area contributed by atoms with Crippen LogP contribution in [-0.2, 0) is 13.0 Å². The monoisotopic (exact) mass is 419 g/mol. The topological polar surface area (TPSA) is 64.4 Å². The third-order valence-corrected chi connectivity index (χ3v) is 6.09. The molecule has 0 unspecified atom stereocenters. The van der Waals surface area contributed by atoms with Crippen LogP contribution in [-0.4, -0.2) is 40.6 Å². The summed E-state index contributed by atoms with van der Waals surface area (Å²) in [6.07, 6.45) is 3.49. The summed E-state index contributed by atoms with van der Waals surface area (Å²) in [6, 6.07) is 14.8. The fourth-order valence-electron chi connectivity index (χ4n) is 4.31. The Morgan fingerprint density at radius 1 is 1.10 bits per heavy atom. The molecule has 2 aromatic carbocycles. The van der Waals surface area contributed by atoms with Crippen molar-refractivity contribution in [2.75, 3.05) is 20.2 Å². The van der Waals surface area contributed by atoms with Crippen LogP contribution in [0.3, 0.4) is 0 Å². The van der Waals surface area contributed by atoms with E-state index in [1.54, 1.807) is 7.11 Å². The van der Waals surface area contributed by atoms with Crippen LogP contribution in [0, 0.1) is 5.92 Å². The van der Waals surface area contributed by atoms with Gasteiger partial charge in [0.25, 0.3) is 11.5 Å². The molecule has 0 spiro atoms. The molecular formula is C25H29N3O3. The first-order chi connectivity index (χ1) is 15.1. The van der Waals surface area contributed by atoms with E-state index in [0.717, 1.165) is 42.8 Å². The van der Waals surface area contributed by atoms with Gasteiger partial charge in [-0.15, -0.1) is 0 Å². The SMILES string of the molecule is CCCc1nc2ccccc2c(=O)n1CC1CCN(C(=O)c2ccc(OC)cc2)CC1. The number of likely N-dealkylation sites (tertiary alicyclic amines) is 1. The van der Waals surface area contributed by atoms with Crippen LogP contribution in [0.5, 0.6) is 5.75 Å². The molecular weight excluding hydrogens is 390 g/mol. The van der Waals surface area contributed by atoms with Gasteiger partial charge in [-0.2, -0.15) is 0 Å². The number of piperidine rings is 1. The molecule has 2 heterocycles. The molecule has 4 rings (SSSR count). The number of rotatable bonds is 6. The number of aryl methyl sites for hydroxylation is 1. The number of ether oxygens (including phenoxy) is 1. The lowest BCUT2D eigenvalue weighted by Crippen LogP contribution is -2.40. The Morgan fingerprint density at radius 2 is 1.81 bits per heavy atom. The molecule has 1 fully saturated rings. The van der Waals surface area contributed by atoms with Crippen molar-refractivity contribution in [3.05, 3.63) is 70.3 Å². The quantitative estimate of drug-likeness (QED) is 0.608. The van der Waals surface area contributed by atoms with Crippen LogP contribution < -0.4 is 10.3 Å². The summed E-state index contributed by atoms with van der Waals surface area (Å²) in [6.45, 7) is 4.17. The van der Waals surface area contributed by atoms with E-state index in [4.69, 9.17) is 9.72 Å². The Balaban J connectivity index is 1.46. The molecule has 1 amide bonds. The standard InChI is InChI=1S/C25H29N3O3/c1-3-6-23-26-22-8-5-4-7-21(22)25(30)28(23)17-18-13-15-27(16-14-18)24(29)19-9-11-20(31-2)12-10-19/h4-5,7-12,18H,3,6,13-17H2,1-2H3. The van der Waals surface area contributed by atoms with E-state index in [1.165, 1.54) is 0 Å². The van der Waals surface area contributed by atoms with Gasteiger partial charge in [0.2, 0.25) is 0 Å². The van der Waals surface area contributed by atoms with Gasteiger partial charge in [0.05, 0.1) is 18.0 Å². The number of aromatic nitrogens is 2. The summed E-state index contributed by atoms with van der Waals surface area (Å²) in [4.78, 5) is 32.7. The molecule has 31 heavy (non-hydrogen) atoms. The second-order valence-corrected chi connectivity index (χ2v) is 8.18. The van der Waals surface area contributed by atoms with Crippen molar-refractivity contribution in [2.24, 2.45) is 5.92 Å². The van der Waals surface area contributed by atoms with Gasteiger partial charge in [0.15, 0.2) is 0 Å². The summed E-state index contributed by atoms with van der Waals surface area (Å²) >= 11 is 0. The largest absolute Gasteiger partial charge is 0.497 e. The zero-order chi connectivity index (χ0) is 21.8. The highest BCUT2D eigenvalue weighted by molar-refractivity contribution is 5.94. The Bertz CT molecular complexity index is 1110. The Labute approximate surface area is 182 Å². The molecule has 1 saturated heterocycles. The predicted molar refractivity (Wildman–Crippen MR) is 122 cm³/mol. The van der Waals surface area contributed by atoms with Crippen molar-refractivity contribution in [3.63, 3.8) is 0 Å². The number of amides is 1. The first-order valence-electron chi connectivity index (χ1n) is 11.0. The van der Waals surface area contributed by atoms with Crippen molar-refractivity contribution >= 4 is 16.8 Å². The molecule has 0 bridgehead atoms. The van der Waals surface area contributed by atoms with Crippen molar-refractivity contribution in [2.45, 2.75) is 39.2 Å². The third-order valence-electron chi connectivity index (χ3n) is 6.09. The summed E-state index contributed by atoms with van der Waals surface area (Å²) < 4.78 is 7.04. The zero-order valence-corrected chi connectivity index (χ0v) is 18.2. The highest BCUT2D eigenvalue weighted by Crippen LogP contribution is 2.22. The Morgan fingerprint density at radius 3 is 2.48 bits per heavy atom. The van der Waals surface area contributed by atoms with Crippen LogP contribution >= 0.6 is 0 Å². The van der Waals surface area contributed by atoms with E-state index in [0.29, 0.717) is 36.5 Å². The van der Waals surface area contributed by atoms with Gasteiger partial charge in [-0.05, 0) is 61.6 Å². The van der Waals surface area contributed by atoms with Crippen molar-refractivity contribution in [1.29, 1.82) is 0 Å². The van der Waals surface area contributed by atoms with Crippen molar-refractivity contribution < 1.29 is 9.53 Å². The van der Waals surface area contributed by atoms with E-state index in [9.17, 15) is 9.59 Å². The number of carbonyl (C=O) groups excluding carboxylic acids is 1. The normalized spacial score (nSPS) is 14.7. The van der Waals surface area contributed by atoms with Gasteiger partial charge in [-0.1, -0.05) is 19.1 Å². The molecule has 3 aromatic rings. The maximum absolute atomic E-state index is 13.2. The highest BCUT2D eigenvalue weighted by Gasteiger charge is 2.25. The van der Waals surface area contributed by atoms with Gasteiger partial charge in [-0.3, -0.25) is 14.2 Å². The van der Waals surface area contributed by atoms with Crippen molar-refractivity contribution in [1.82, 2.24) is 14.5 Å². The van der Waals surface area contributed by atoms with Crippen LogP contribution in [0.25, 0.3) is 10.9 Å². The number of hydrogen-bond acceptors (Lipinski definition) is 4. The number of nitrogens with zero attached hydrogens (tertiary/aromatic N) is 3. The second-order valence-electron chi connectivity index (χ2n) is 8.18. The Hall–Kier alpha value is -3.15. The molecule has 6 heteroatoms. The minimum Gasteiger partial charge on any atom is -0.497 e. The number of benzene rings is 2. The van der Waals surface area contributed by atoms with E-state index >= 15 is 0 Å². The molecule has 0 saturated carbocycles. The number of fused-ring (bicyclic) bond motifs is 1. The molecule has 0 atom stereocenters. The minimum absolute atomic E-state index is 0.0470. The summed E-state index contributed by atoms with van der Waals surface area (Å²) in [7, 11) is 1.61. The zero-order valence-electron chi connectivity index (χ0n) is 18.2. The smallest absolute Gasteiger partial charge is 0.261 e. The number of carbonyl (C=O) groups is 1. The van der Waals surface area contributed by atoms with Crippen LogP contribution in [0.4, 0.5) is 0 Å². The van der Waals surface area contributed by atoms with Crippen molar-refractivity contribution in [3.8, 4) is 5.75 Å². The fourth-order valence-corrected chi connectivity index (χ4v) is 4.31. The maximum Gasteiger partial charge on any atom is 0.261 e.